The fourth-order valence-electron chi connectivity index (χ4n) is 2.32. The molecule has 0 aliphatic heterocycles. The molecule has 3 rings (SSSR count). The normalized spacial score (nSPS) is 12.1. The van der Waals surface area contributed by atoms with Crippen LogP contribution in [0.1, 0.15) is 16.7 Å². The van der Waals surface area contributed by atoms with Crippen LogP contribution in [-0.4, -0.2) is 19.7 Å². The van der Waals surface area contributed by atoms with E-state index in [2.05, 4.69) is 9.97 Å². The number of para-hydroxylation sites is 2. The van der Waals surface area contributed by atoms with Gasteiger partial charge in [0.05, 0.1) is 27.6 Å². The van der Waals surface area contributed by atoms with Gasteiger partial charge in [0.2, 0.25) is 0 Å². The quantitative estimate of drug-likeness (QED) is 0.724. The summed E-state index contributed by atoms with van der Waals surface area (Å²) in [6.07, 6.45) is 0. The van der Waals surface area contributed by atoms with Crippen LogP contribution in [0.5, 0.6) is 0 Å². The van der Waals surface area contributed by atoms with Gasteiger partial charge in [-0.15, -0.1) is 0 Å². The molecular weight excluding hydrogens is 298 g/mol. The number of hydrogen-bond donors (Lipinski definition) is 2. The summed E-state index contributed by atoms with van der Waals surface area (Å²) >= 11 is 0. The van der Waals surface area contributed by atoms with Crippen molar-refractivity contribution < 1.29 is 9.69 Å². The van der Waals surface area contributed by atoms with Gasteiger partial charge in [0, 0.05) is 5.69 Å². The summed E-state index contributed by atoms with van der Waals surface area (Å²) in [6.45, 7) is 3.95. The second-order valence-corrected chi connectivity index (χ2v) is 6.51. The summed E-state index contributed by atoms with van der Waals surface area (Å²) in [7, 11) is -1.24. The molecule has 0 aliphatic carbocycles. The number of anilines is 1. The van der Waals surface area contributed by atoms with E-state index in [0.717, 1.165) is 33.4 Å². The van der Waals surface area contributed by atoms with Gasteiger partial charge in [-0.2, -0.15) is 0 Å². The standard InChI is InChI=1S/C16H17N3OS.H2O/c1-10-7-8-11(2)15(17)12(10)9-21(20)16-18-13-5-3-4-6-14(13)19-16;/h3-8H,9,17H2,1-2H3,(H,18,19);1H2. The largest absolute Gasteiger partial charge is 0.412 e. The Morgan fingerprint density at radius 1 is 1.14 bits per heavy atom. The van der Waals surface area contributed by atoms with Gasteiger partial charge in [-0.25, -0.2) is 4.98 Å². The summed E-state index contributed by atoms with van der Waals surface area (Å²) < 4.78 is 12.6. The predicted octanol–water partition coefficient (Wildman–Crippen LogP) is 2.25. The summed E-state index contributed by atoms with van der Waals surface area (Å²) in [4.78, 5) is 7.51. The van der Waals surface area contributed by atoms with Crippen LogP contribution >= 0.6 is 0 Å². The molecule has 22 heavy (non-hydrogen) atoms. The SMILES string of the molecule is Cc1ccc(C)c(CS(=O)c2nc3ccccc3[nH]2)c1N.O. The van der Waals surface area contributed by atoms with Crippen LogP contribution in [0.25, 0.3) is 11.0 Å². The lowest BCUT2D eigenvalue weighted by Crippen LogP contribution is -2.05. The van der Waals surface area contributed by atoms with Crippen LogP contribution < -0.4 is 5.73 Å². The molecule has 0 saturated heterocycles. The highest BCUT2D eigenvalue weighted by Gasteiger charge is 2.14. The third-order valence-corrected chi connectivity index (χ3v) is 4.84. The minimum atomic E-state index is -1.24. The maximum Gasteiger partial charge on any atom is 0.197 e. The molecule has 5 N–H and O–H groups in total. The Bertz CT molecular complexity index is 810. The number of nitrogens with zero attached hydrogens (tertiary/aromatic N) is 1. The predicted molar refractivity (Wildman–Crippen MR) is 90.1 cm³/mol. The Kier molecular flexibility index (Phi) is 4.63. The second kappa shape index (κ2) is 6.29. The number of H-pyrrole nitrogens is 1. The minimum Gasteiger partial charge on any atom is -0.412 e. The number of imidazole rings is 1. The Balaban J connectivity index is 0.00000176. The highest BCUT2D eigenvalue weighted by atomic mass is 32.2. The van der Waals surface area contributed by atoms with E-state index < -0.39 is 10.8 Å². The van der Waals surface area contributed by atoms with Crippen molar-refractivity contribution in [2.45, 2.75) is 24.8 Å². The van der Waals surface area contributed by atoms with Crippen LogP contribution in [0.4, 0.5) is 5.69 Å². The van der Waals surface area contributed by atoms with E-state index >= 15 is 0 Å². The van der Waals surface area contributed by atoms with Crippen molar-refractivity contribution in [2.24, 2.45) is 0 Å². The van der Waals surface area contributed by atoms with Gasteiger partial charge in [0.1, 0.15) is 0 Å². The summed E-state index contributed by atoms with van der Waals surface area (Å²) in [5, 5.41) is 0.497. The molecule has 1 heterocycles. The van der Waals surface area contributed by atoms with Crippen molar-refractivity contribution in [1.82, 2.24) is 9.97 Å². The molecule has 1 atom stereocenters. The van der Waals surface area contributed by atoms with Gasteiger partial charge >= 0.3 is 0 Å². The van der Waals surface area contributed by atoms with E-state index in [0.29, 0.717) is 10.9 Å². The minimum absolute atomic E-state index is 0. The molecule has 1 aromatic heterocycles. The van der Waals surface area contributed by atoms with Gasteiger partial charge in [0.25, 0.3) is 0 Å². The number of aromatic amines is 1. The van der Waals surface area contributed by atoms with Crippen LogP contribution in [-0.2, 0) is 16.6 Å². The van der Waals surface area contributed by atoms with Crippen molar-refractivity contribution in [1.29, 1.82) is 0 Å². The molecule has 1 unspecified atom stereocenters. The zero-order valence-electron chi connectivity index (χ0n) is 12.5. The number of nitrogen functional groups attached to an aromatic ring is 1. The number of nitrogens with one attached hydrogen (secondary N) is 1. The third-order valence-electron chi connectivity index (χ3n) is 3.67. The monoisotopic (exact) mass is 317 g/mol. The Labute approximate surface area is 131 Å². The molecular formula is C16H19N3O2S. The average Bonchev–Trinajstić information content (AvgIpc) is 2.91. The maximum atomic E-state index is 12.6. The lowest BCUT2D eigenvalue weighted by atomic mass is 10.0. The maximum absolute atomic E-state index is 12.6. The van der Waals surface area contributed by atoms with Gasteiger partial charge < -0.3 is 16.2 Å². The number of nitrogens with two attached hydrogens (primary N) is 1. The topological polar surface area (TPSA) is 103 Å². The van der Waals surface area contributed by atoms with Crippen molar-refractivity contribution in [2.75, 3.05) is 5.73 Å². The van der Waals surface area contributed by atoms with E-state index in [1.807, 2.05) is 50.2 Å². The highest BCUT2D eigenvalue weighted by molar-refractivity contribution is 7.84. The van der Waals surface area contributed by atoms with Gasteiger partial charge in [-0.1, -0.05) is 24.3 Å². The number of aryl methyl sites for hydroxylation is 2. The number of hydrogen-bond acceptors (Lipinski definition) is 3. The van der Waals surface area contributed by atoms with Crippen molar-refractivity contribution >= 4 is 27.5 Å². The molecule has 0 fully saturated rings. The van der Waals surface area contributed by atoms with E-state index in [1.165, 1.54) is 0 Å². The van der Waals surface area contributed by atoms with Crippen LogP contribution in [0.15, 0.2) is 41.6 Å². The van der Waals surface area contributed by atoms with E-state index in [1.54, 1.807) is 0 Å². The van der Waals surface area contributed by atoms with E-state index in [-0.39, 0.29) is 5.48 Å². The molecule has 0 bridgehead atoms. The summed E-state index contributed by atoms with van der Waals surface area (Å²) in [6, 6.07) is 11.7. The van der Waals surface area contributed by atoms with E-state index in [9.17, 15) is 4.21 Å². The first-order valence-corrected chi connectivity index (χ1v) is 8.06. The van der Waals surface area contributed by atoms with Crippen LogP contribution in [0.3, 0.4) is 0 Å². The van der Waals surface area contributed by atoms with E-state index in [4.69, 9.17) is 5.73 Å². The molecule has 0 amide bonds. The van der Waals surface area contributed by atoms with Gasteiger partial charge in [-0.3, -0.25) is 4.21 Å². The van der Waals surface area contributed by atoms with Gasteiger partial charge in [-0.05, 0) is 42.7 Å². The molecule has 0 aliphatic rings. The molecule has 0 saturated carbocycles. The average molecular weight is 317 g/mol. The van der Waals surface area contributed by atoms with Crippen LogP contribution in [0, 0.1) is 13.8 Å². The number of benzene rings is 2. The first-order valence-electron chi connectivity index (χ1n) is 6.74. The fraction of sp³-hybridized carbons (Fsp3) is 0.188. The molecule has 5 nitrogen and oxygen atoms in total. The first kappa shape index (κ1) is 16.2. The molecule has 2 aromatic carbocycles. The zero-order chi connectivity index (χ0) is 15.0. The lowest BCUT2D eigenvalue weighted by Gasteiger charge is -2.10. The molecule has 3 aromatic rings. The summed E-state index contributed by atoms with van der Waals surface area (Å²) in [5.74, 6) is 0.374. The highest BCUT2D eigenvalue weighted by Crippen LogP contribution is 2.24. The number of aromatic nitrogens is 2. The van der Waals surface area contributed by atoms with Crippen LogP contribution in [0.2, 0.25) is 0 Å². The number of rotatable bonds is 3. The smallest absolute Gasteiger partial charge is 0.197 e. The zero-order valence-corrected chi connectivity index (χ0v) is 13.3. The Morgan fingerprint density at radius 3 is 2.55 bits per heavy atom. The fourth-order valence-corrected chi connectivity index (χ4v) is 3.53. The molecule has 0 radical (unpaired) electrons. The second-order valence-electron chi connectivity index (χ2n) is 5.14. The van der Waals surface area contributed by atoms with Crippen molar-refractivity contribution in [3.05, 3.63) is 53.1 Å². The van der Waals surface area contributed by atoms with Crippen molar-refractivity contribution in [3.63, 3.8) is 0 Å². The molecule has 6 heteroatoms. The van der Waals surface area contributed by atoms with Crippen molar-refractivity contribution in [3.8, 4) is 0 Å². The first-order chi connectivity index (χ1) is 10.1. The van der Waals surface area contributed by atoms with Gasteiger partial charge in [0.15, 0.2) is 5.16 Å². The third kappa shape index (κ3) is 2.88. The Hall–Kier alpha value is -2.18. The summed E-state index contributed by atoms with van der Waals surface area (Å²) in [5.41, 5.74) is 11.6. The molecule has 116 valence electrons. The molecule has 0 spiro atoms. The number of fused-ring (bicyclic) bond motifs is 1. The Morgan fingerprint density at radius 2 is 1.82 bits per heavy atom. The lowest BCUT2D eigenvalue weighted by molar-refractivity contribution is 0.677.